The van der Waals surface area contributed by atoms with E-state index in [0.717, 1.165) is 40.8 Å². The number of sulfone groups is 1. The van der Waals surface area contributed by atoms with Gasteiger partial charge in [-0.2, -0.15) is 5.26 Å². The number of anilines is 1. The molecule has 0 unspecified atom stereocenters. The number of benzene rings is 3. The van der Waals surface area contributed by atoms with Crippen LogP contribution >= 0.6 is 11.8 Å². The molecule has 0 atom stereocenters. The van der Waals surface area contributed by atoms with Crippen LogP contribution in [0.1, 0.15) is 36.1 Å². The predicted molar refractivity (Wildman–Crippen MR) is 138 cm³/mol. The van der Waals surface area contributed by atoms with Gasteiger partial charge in [-0.1, -0.05) is 74.5 Å². The van der Waals surface area contributed by atoms with Crippen molar-refractivity contribution in [3.63, 3.8) is 0 Å². The summed E-state index contributed by atoms with van der Waals surface area (Å²) in [4.78, 5) is -0.155. The highest BCUT2D eigenvalue weighted by atomic mass is 32.2. The van der Waals surface area contributed by atoms with Crippen LogP contribution < -0.4 is 5.32 Å². The van der Waals surface area contributed by atoms with Crippen LogP contribution in [-0.2, 0) is 28.4 Å². The van der Waals surface area contributed by atoms with E-state index in [2.05, 4.69) is 19.2 Å². The lowest BCUT2D eigenvalue weighted by Crippen LogP contribution is -2.12. The molecule has 0 spiro atoms. The molecule has 3 aromatic carbocycles. The van der Waals surface area contributed by atoms with Gasteiger partial charge in [0.15, 0.2) is 4.91 Å². The fraction of sp³-hybridized carbons (Fsp3) is 0.222. The number of hydrogen-bond acceptors (Lipinski definition) is 5. The number of nitriles is 1. The quantitative estimate of drug-likeness (QED) is 0.351. The zero-order valence-electron chi connectivity index (χ0n) is 19.1. The lowest BCUT2D eigenvalue weighted by atomic mass is 10.0. The Labute approximate surface area is 201 Å². The zero-order valence-corrected chi connectivity index (χ0v) is 20.8. The van der Waals surface area contributed by atoms with Crippen LogP contribution in [0.4, 0.5) is 5.69 Å². The van der Waals surface area contributed by atoms with Crippen LogP contribution in [0.25, 0.3) is 0 Å². The molecule has 170 valence electrons. The molecule has 0 saturated heterocycles. The van der Waals surface area contributed by atoms with E-state index in [1.807, 2.05) is 55.5 Å². The van der Waals surface area contributed by atoms with Crippen molar-refractivity contribution in [1.82, 2.24) is 0 Å². The van der Waals surface area contributed by atoms with E-state index in [4.69, 9.17) is 0 Å². The Bertz CT molecular complexity index is 1270. The van der Waals surface area contributed by atoms with Crippen molar-refractivity contribution >= 4 is 27.3 Å². The van der Waals surface area contributed by atoms with E-state index < -0.39 is 9.84 Å². The number of nitrogens with zero attached hydrogens (tertiary/aromatic N) is 1. The molecule has 0 saturated carbocycles. The monoisotopic (exact) mass is 476 g/mol. The molecule has 1 N–H and O–H groups in total. The normalized spacial score (nSPS) is 12.1. The molecular formula is C27H28N2O2S2. The summed E-state index contributed by atoms with van der Waals surface area (Å²) in [6, 6.07) is 24.2. The zero-order chi connectivity index (χ0) is 23.8. The molecule has 0 aliphatic rings. The first-order valence-electron chi connectivity index (χ1n) is 10.9. The number of nitrogens with one attached hydrogen (secondary N) is 1. The number of hydrogen-bond donors (Lipinski definition) is 1. The van der Waals surface area contributed by atoms with Gasteiger partial charge in [0, 0.05) is 11.4 Å². The second kappa shape index (κ2) is 11.2. The summed E-state index contributed by atoms with van der Waals surface area (Å²) in [5.41, 5.74) is 5.26. The Morgan fingerprint density at radius 1 is 0.879 bits per heavy atom. The molecule has 0 amide bonds. The molecule has 0 aliphatic heterocycles. The minimum Gasteiger partial charge on any atom is -0.348 e. The smallest absolute Gasteiger partial charge is 0.219 e. The number of aryl methyl sites for hydroxylation is 3. The number of allylic oxidation sites excluding steroid dienone is 1. The molecule has 0 radical (unpaired) electrons. The average Bonchev–Trinajstić information content (AvgIpc) is 2.84. The first kappa shape index (κ1) is 24.6. The molecule has 3 aromatic rings. The Balaban J connectivity index is 2.14. The van der Waals surface area contributed by atoms with Crippen LogP contribution in [0.3, 0.4) is 0 Å². The van der Waals surface area contributed by atoms with E-state index in [-0.39, 0.29) is 9.80 Å². The summed E-state index contributed by atoms with van der Waals surface area (Å²) in [5, 5.41) is 13.8. The number of rotatable bonds is 9. The van der Waals surface area contributed by atoms with E-state index in [1.165, 1.54) is 23.9 Å². The van der Waals surface area contributed by atoms with E-state index in [1.54, 1.807) is 18.2 Å². The lowest BCUT2D eigenvalue weighted by Gasteiger charge is -2.19. The highest BCUT2D eigenvalue weighted by Crippen LogP contribution is 2.34. The van der Waals surface area contributed by atoms with Gasteiger partial charge in [-0.25, -0.2) is 8.42 Å². The third-order valence-electron chi connectivity index (χ3n) is 5.50. The molecule has 6 heteroatoms. The summed E-state index contributed by atoms with van der Waals surface area (Å²) in [6.45, 7) is 6.16. The fourth-order valence-corrected chi connectivity index (χ4v) is 6.19. The summed E-state index contributed by atoms with van der Waals surface area (Å²) in [5.74, 6) is 0.542. The summed E-state index contributed by atoms with van der Waals surface area (Å²) >= 11 is 1.34. The van der Waals surface area contributed by atoms with E-state index in [9.17, 15) is 13.7 Å². The molecular weight excluding hydrogens is 448 g/mol. The SMILES string of the molecule is CCc1cccc(CC)c1NC(SCc1ccccc1C)=C(C#N)S(=O)(=O)c1ccccc1. The van der Waals surface area contributed by atoms with Gasteiger partial charge in [-0.05, 0) is 54.2 Å². The van der Waals surface area contributed by atoms with Gasteiger partial charge in [0.2, 0.25) is 9.84 Å². The Morgan fingerprint density at radius 3 is 2.03 bits per heavy atom. The summed E-state index contributed by atoms with van der Waals surface area (Å²) in [7, 11) is -3.99. The maximum atomic E-state index is 13.4. The van der Waals surface area contributed by atoms with Gasteiger partial charge in [-0.15, -0.1) is 11.8 Å². The number of thioether (sulfide) groups is 1. The summed E-state index contributed by atoms with van der Waals surface area (Å²) < 4.78 is 26.9. The third kappa shape index (κ3) is 5.68. The molecule has 0 heterocycles. The maximum Gasteiger partial charge on any atom is 0.219 e. The molecule has 0 fully saturated rings. The highest BCUT2D eigenvalue weighted by Gasteiger charge is 2.26. The molecule has 33 heavy (non-hydrogen) atoms. The second-order valence-corrected chi connectivity index (χ2v) is 10.5. The summed E-state index contributed by atoms with van der Waals surface area (Å²) in [6.07, 6.45) is 1.58. The van der Waals surface area contributed by atoms with E-state index in [0.29, 0.717) is 10.8 Å². The van der Waals surface area contributed by atoms with E-state index >= 15 is 0 Å². The molecule has 0 aliphatic carbocycles. The van der Waals surface area contributed by atoms with Crippen molar-refractivity contribution in [2.75, 3.05) is 5.32 Å². The van der Waals surface area contributed by atoms with Crippen molar-refractivity contribution in [3.05, 3.63) is 105 Å². The lowest BCUT2D eigenvalue weighted by molar-refractivity contribution is 0.603. The largest absolute Gasteiger partial charge is 0.348 e. The fourth-order valence-electron chi connectivity index (χ4n) is 3.55. The second-order valence-electron chi connectivity index (χ2n) is 7.59. The van der Waals surface area contributed by atoms with Crippen LogP contribution in [0.5, 0.6) is 0 Å². The topological polar surface area (TPSA) is 70.0 Å². The Kier molecular flexibility index (Phi) is 8.37. The minimum atomic E-state index is -3.99. The van der Waals surface area contributed by atoms with Crippen molar-refractivity contribution in [1.29, 1.82) is 5.26 Å². The van der Waals surface area contributed by atoms with Gasteiger partial charge in [-0.3, -0.25) is 0 Å². The third-order valence-corrected chi connectivity index (χ3v) is 8.41. The van der Waals surface area contributed by atoms with Crippen LogP contribution in [0.2, 0.25) is 0 Å². The van der Waals surface area contributed by atoms with Gasteiger partial charge >= 0.3 is 0 Å². The van der Waals surface area contributed by atoms with Crippen LogP contribution in [0.15, 0.2) is 87.6 Å². The van der Waals surface area contributed by atoms with Crippen molar-refractivity contribution in [2.24, 2.45) is 0 Å². The molecule has 0 aromatic heterocycles. The first-order valence-corrected chi connectivity index (χ1v) is 13.4. The van der Waals surface area contributed by atoms with Gasteiger partial charge in [0.25, 0.3) is 0 Å². The Hall–Kier alpha value is -3.01. The van der Waals surface area contributed by atoms with Gasteiger partial charge in [0.1, 0.15) is 11.1 Å². The van der Waals surface area contributed by atoms with Gasteiger partial charge < -0.3 is 5.32 Å². The standard InChI is InChI=1S/C27H28N2O2S2/c1-4-21-14-11-15-22(5-2)26(21)29-27(32-19-23-13-10-9-12-20(23)3)25(18-28)33(30,31)24-16-7-6-8-17-24/h6-17,29H,4-5,19H2,1-3H3. The molecule has 4 nitrogen and oxygen atoms in total. The number of para-hydroxylation sites is 1. The maximum absolute atomic E-state index is 13.4. The van der Waals surface area contributed by atoms with Gasteiger partial charge in [0.05, 0.1) is 4.90 Å². The van der Waals surface area contributed by atoms with Crippen LogP contribution in [-0.4, -0.2) is 8.42 Å². The average molecular weight is 477 g/mol. The predicted octanol–water partition coefficient (Wildman–Crippen LogP) is 6.63. The van der Waals surface area contributed by atoms with Crippen molar-refractivity contribution < 1.29 is 8.42 Å². The molecule has 3 rings (SSSR count). The van der Waals surface area contributed by atoms with Crippen LogP contribution in [0, 0.1) is 18.3 Å². The van der Waals surface area contributed by atoms with Crippen molar-refractivity contribution in [2.45, 2.75) is 44.3 Å². The highest BCUT2D eigenvalue weighted by molar-refractivity contribution is 8.04. The Morgan fingerprint density at radius 2 is 1.45 bits per heavy atom. The minimum absolute atomic E-state index is 0.108. The first-order chi connectivity index (χ1) is 15.9. The molecule has 0 bridgehead atoms. The van der Waals surface area contributed by atoms with Crippen molar-refractivity contribution in [3.8, 4) is 6.07 Å².